The van der Waals surface area contributed by atoms with Crippen molar-refractivity contribution in [3.8, 4) is 11.5 Å². The molecule has 0 radical (unpaired) electrons. The van der Waals surface area contributed by atoms with Crippen LogP contribution in [0.5, 0.6) is 11.5 Å². The number of benzene rings is 2. The Morgan fingerprint density at radius 1 is 1.28 bits per heavy atom. The highest BCUT2D eigenvalue weighted by Crippen LogP contribution is 2.36. The van der Waals surface area contributed by atoms with Gasteiger partial charge in [-0.05, 0) is 40.8 Å². The fraction of sp³-hybridized carbons (Fsp3) is 0.133. The van der Waals surface area contributed by atoms with Gasteiger partial charge >= 0.3 is 6.61 Å². The molecule has 0 unspecified atom stereocenters. The molecule has 0 bridgehead atoms. The maximum absolute atomic E-state index is 12.4. The predicted molar refractivity (Wildman–Crippen MR) is 93.4 cm³/mol. The molecule has 7 nitrogen and oxygen atoms in total. The minimum absolute atomic E-state index is 0.223. The highest BCUT2D eigenvalue weighted by molar-refractivity contribution is 14.1. The van der Waals surface area contributed by atoms with Gasteiger partial charge in [-0.25, -0.2) is 0 Å². The highest BCUT2D eigenvalue weighted by atomic mass is 127. The van der Waals surface area contributed by atoms with Crippen molar-refractivity contribution >= 4 is 39.9 Å². The van der Waals surface area contributed by atoms with Gasteiger partial charge in [0.25, 0.3) is 11.6 Å². The Morgan fingerprint density at radius 3 is 2.56 bits per heavy atom. The van der Waals surface area contributed by atoms with E-state index in [0.29, 0.717) is 5.69 Å². The molecule has 2 rings (SSSR count). The predicted octanol–water partition coefficient (Wildman–Crippen LogP) is 4.06. The lowest BCUT2D eigenvalue weighted by molar-refractivity contribution is -0.385. The van der Waals surface area contributed by atoms with Gasteiger partial charge in [-0.15, -0.1) is 0 Å². The van der Waals surface area contributed by atoms with Gasteiger partial charge in [0.15, 0.2) is 11.5 Å². The van der Waals surface area contributed by atoms with Gasteiger partial charge in [0.1, 0.15) is 5.56 Å². The van der Waals surface area contributed by atoms with Gasteiger partial charge in [0.2, 0.25) is 0 Å². The van der Waals surface area contributed by atoms with Gasteiger partial charge in [-0.2, -0.15) is 8.78 Å². The second-order valence-corrected chi connectivity index (χ2v) is 5.87. The van der Waals surface area contributed by atoms with E-state index in [1.807, 2.05) is 22.6 Å². The summed E-state index contributed by atoms with van der Waals surface area (Å²) in [5.41, 5.74) is -0.597. The average Bonchev–Trinajstić information content (AvgIpc) is 2.53. The van der Waals surface area contributed by atoms with Gasteiger partial charge < -0.3 is 14.8 Å². The summed E-state index contributed by atoms with van der Waals surface area (Å²) >= 11 is 2.04. The molecule has 0 aliphatic carbocycles. The number of rotatable bonds is 6. The lowest BCUT2D eigenvalue weighted by atomic mass is 10.1. The SMILES string of the molecule is COc1cc(C(=O)Nc2cccc(I)c2)c([N+](=O)[O-])cc1OC(F)F. The van der Waals surface area contributed by atoms with Crippen molar-refractivity contribution in [1.82, 2.24) is 0 Å². The van der Waals surface area contributed by atoms with Gasteiger partial charge in [-0.1, -0.05) is 6.07 Å². The second kappa shape index (κ2) is 8.05. The van der Waals surface area contributed by atoms with Crippen molar-refractivity contribution < 1.29 is 28.0 Å². The molecular formula is C15H11F2IN2O5. The third kappa shape index (κ3) is 4.75. The smallest absolute Gasteiger partial charge is 0.387 e. The molecule has 0 aliphatic rings. The number of carbonyl (C=O) groups excluding carboxylic acids is 1. The molecule has 2 aromatic carbocycles. The number of hydrogen-bond donors (Lipinski definition) is 1. The van der Waals surface area contributed by atoms with Crippen LogP contribution in [0, 0.1) is 13.7 Å². The third-order valence-corrected chi connectivity index (χ3v) is 3.69. The quantitative estimate of drug-likeness (QED) is 0.396. The number of nitro groups is 1. The maximum atomic E-state index is 12.4. The van der Waals surface area contributed by atoms with Crippen molar-refractivity contribution in [3.63, 3.8) is 0 Å². The highest BCUT2D eigenvalue weighted by Gasteiger charge is 2.26. The summed E-state index contributed by atoms with van der Waals surface area (Å²) < 4.78 is 34.8. The molecule has 2 aromatic rings. The Bertz CT molecular complexity index is 817. The van der Waals surface area contributed by atoms with Crippen LogP contribution in [-0.2, 0) is 0 Å². The van der Waals surface area contributed by atoms with Crippen molar-refractivity contribution in [1.29, 1.82) is 0 Å². The number of nitro benzene ring substituents is 1. The van der Waals surface area contributed by atoms with Crippen LogP contribution in [0.15, 0.2) is 36.4 Å². The number of alkyl halides is 2. The second-order valence-electron chi connectivity index (χ2n) is 4.62. The molecule has 0 fully saturated rings. The average molecular weight is 464 g/mol. The zero-order valence-corrected chi connectivity index (χ0v) is 14.8. The number of amides is 1. The molecule has 1 N–H and O–H groups in total. The molecule has 0 saturated heterocycles. The van der Waals surface area contributed by atoms with Crippen LogP contribution < -0.4 is 14.8 Å². The van der Waals surface area contributed by atoms with E-state index < -0.39 is 28.9 Å². The normalized spacial score (nSPS) is 10.4. The number of anilines is 1. The molecule has 10 heteroatoms. The van der Waals surface area contributed by atoms with Crippen LogP contribution in [0.3, 0.4) is 0 Å². The molecule has 132 valence electrons. The number of halogens is 3. The largest absolute Gasteiger partial charge is 0.493 e. The third-order valence-electron chi connectivity index (χ3n) is 3.02. The monoisotopic (exact) mass is 464 g/mol. The Balaban J connectivity index is 2.44. The van der Waals surface area contributed by atoms with E-state index in [4.69, 9.17) is 4.74 Å². The lowest BCUT2D eigenvalue weighted by Gasteiger charge is -2.12. The van der Waals surface area contributed by atoms with Crippen LogP contribution in [0.2, 0.25) is 0 Å². The van der Waals surface area contributed by atoms with E-state index in [-0.39, 0.29) is 11.3 Å². The van der Waals surface area contributed by atoms with E-state index in [0.717, 1.165) is 15.7 Å². The first-order valence-corrected chi connectivity index (χ1v) is 7.78. The molecule has 0 atom stereocenters. The lowest BCUT2D eigenvalue weighted by Crippen LogP contribution is -2.15. The van der Waals surface area contributed by atoms with Crippen LogP contribution >= 0.6 is 22.6 Å². The topological polar surface area (TPSA) is 90.7 Å². The van der Waals surface area contributed by atoms with E-state index in [1.54, 1.807) is 24.3 Å². The fourth-order valence-electron chi connectivity index (χ4n) is 1.99. The van der Waals surface area contributed by atoms with Crippen molar-refractivity contribution in [3.05, 3.63) is 55.6 Å². The number of carbonyl (C=O) groups is 1. The van der Waals surface area contributed by atoms with Gasteiger partial charge in [-0.3, -0.25) is 14.9 Å². The first-order chi connectivity index (χ1) is 11.8. The van der Waals surface area contributed by atoms with E-state index in [1.165, 1.54) is 7.11 Å². The summed E-state index contributed by atoms with van der Waals surface area (Å²) in [4.78, 5) is 22.7. The van der Waals surface area contributed by atoms with E-state index >= 15 is 0 Å². The van der Waals surface area contributed by atoms with Crippen LogP contribution in [0.1, 0.15) is 10.4 Å². The molecule has 0 heterocycles. The molecule has 0 aromatic heterocycles. The van der Waals surface area contributed by atoms with Crippen LogP contribution in [0.4, 0.5) is 20.2 Å². The van der Waals surface area contributed by atoms with Crippen LogP contribution in [-0.4, -0.2) is 24.6 Å². The first kappa shape index (κ1) is 18.8. The first-order valence-electron chi connectivity index (χ1n) is 6.70. The molecule has 0 spiro atoms. The molecule has 25 heavy (non-hydrogen) atoms. The molecule has 0 aliphatic heterocycles. The summed E-state index contributed by atoms with van der Waals surface area (Å²) in [5.74, 6) is -1.54. The van der Waals surface area contributed by atoms with E-state index in [2.05, 4.69) is 10.1 Å². The number of methoxy groups -OCH3 is 1. The van der Waals surface area contributed by atoms with Crippen molar-refractivity contribution in [2.24, 2.45) is 0 Å². The number of nitrogens with zero attached hydrogens (tertiary/aromatic N) is 1. The molecule has 1 amide bonds. The Hall–Kier alpha value is -2.50. The van der Waals surface area contributed by atoms with E-state index in [9.17, 15) is 23.7 Å². The summed E-state index contributed by atoms with van der Waals surface area (Å²) in [6.45, 7) is -3.19. The molecule has 0 saturated carbocycles. The van der Waals surface area contributed by atoms with Crippen molar-refractivity contribution in [2.75, 3.05) is 12.4 Å². The Kier molecular flexibility index (Phi) is 6.07. The summed E-state index contributed by atoms with van der Waals surface area (Å²) in [6, 6.07) is 8.49. The zero-order valence-electron chi connectivity index (χ0n) is 12.7. The number of nitrogens with one attached hydrogen (secondary N) is 1. The van der Waals surface area contributed by atoms with Gasteiger partial charge in [0, 0.05) is 15.3 Å². The minimum Gasteiger partial charge on any atom is -0.493 e. The summed E-state index contributed by atoms with van der Waals surface area (Å²) in [5, 5.41) is 13.7. The summed E-state index contributed by atoms with van der Waals surface area (Å²) in [7, 11) is 1.17. The Labute approximate surface area is 154 Å². The maximum Gasteiger partial charge on any atom is 0.387 e. The van der Waals surface area contributed by atoms with Crippen LogP contribution in [0.25, 0.3) is 0 Å². The number of hydrogen-bond acceptors (Lipinski definition) is 5. The van der Waals surface area contributed by atoms with Crippen molar-refractivity contribution in [2.45, 2.75) is 6.61 Å². The standard InChI is InChI=1S/C15H11F2IN2O5/c1-24-12-6-10(11(20(22)23)7-13(12)25-15(16)17)14(21)19-9-4-2-3-8(18)5-9/h2-7,15H,1H3,(H,19,21). The summed E-state index contributed by atoms with van der Waals surface area (Å²) in [6.07, 6.45) is 0. The Morgan fingerprint density at radius 2 is 2.00 bits per heavy atom. The molecular weight excluding hydrogens is 453 g/mol. The van der Waals surface area contributed by atoms with Gasteiger partial charge in [0.05, 0.1) is 18.1 Å². The fourth-order valence-corrected chi connectivity index (χ4v) is 2.54. The number of ether oxygens (including phenoxy) is 2. The minimum atomic E-state index is -3.19. The zero-order chi connectivity index (χ0) is 18.6.